The van der Waals surface area contributed by atoms with Crippen LogP contribution in [0.25, 0.3) is 16.8 Å². The first-order chi connectivity index (χ1) is 12.1. The molecule has 0 radical (unpaired) electrons. The molecule has 136 valence electrons. The smallest absolute Gasteiger partial charge is 0.206 e. The Labute approximate surface area is 149 Å². The summed E-state index contributed by atoms with van der Waals surface area (Å²) < 4.78 is 55.9. The summed E-state index contributed by atoms with van der Waals surface area (Å²) in [5, 5.41) is 3.54. The molecule has 0 atom stereocenters. The van der Waals surface area contributed by atoms with Crippen LogP contribution in [-0.2, 0) is 11.6 Å². The van der Waals surface area contributed by atoms with E-state index in [1.807, 2.05) is 20.8 Å². The molecule has 0 N–H and O–H groups in total. The van der Waals surface area contributed by atoms with Crippen LogP contribution in [0.2, 0.25) is 0 Å². The van der Waals surface area contributed by atoms with Crippen LogP contribution in [0.5, 0.6) is 0 Å². The van der Waals surface area contributed by atoms with Crippen molar-refractivity contribution >= 4 is 0 Å². The van der Waals surface area contributed by atoms with Gasteiger partial charge in [0.2, 0.25) is 5.95 Å². The normalized spacial score (nSPS) is 12.4. The topological polar surface area (TPSA) is 17.8 Å². The Morgan fingerprint density at radius 3 is 1.92 bits per heavy atom. The van der Waals surface area contributed by atoms with E-state index in [4.69, 9.17) is 0 Å². The number of halogens is 4. The molecule has 1 aromatic heterocycles. The van der Waals surface area contributed by atoms with E-state index in [2.05, 4.69) is 5.10 Å². The molecule has 0 saturated heterocycles. The Kier molecular flexibility index (Phi) is 4.38. The number of hydrogen-bond acceptors (Lipinski definition) is 1. The highest BCUT2D eigenvalue weighted by atomic mass is 19.4. The van der Waals surface area contributed by atoms with Crippen LogP contribution in [0, 0.1) is 5.95 Å². The van der Waals surface area contributed by atoms with Crippen molar-refractivity contribution in [3.63, 3.8) is 0 Å². The predicted molar refractivity (Wildman–Crippen MR) is 92.7 cm³/mol. The Hall–Kier alpha value is -2.63. The van der Waals surface area contributed by atoms with Gasteiger partial charge in [0.05, 0.1) is 11.3 Å². The monoisotopic (exact) mass is 362 g/mol. The lowest BCUT2D eigenvalue weighted by Crippen LogP contribution is -2.11. The van der Waals surface area contributed by atoms with E-state index in [-0.39, 0.29) is 16.7 Å². The molecule has 2 nitrogen and oxygen atoms in total. The highest BCUT2D eigenvalue weighted by Gasteiger charge is 2.40. The molecule has 3 rings (SSSR count). The minimum atomic E-state index is -4.76. The van der Waals surface area contributed by atoms with Gasteiger partial charge in [0.1, 0.15) is 0 Å². The molecule has 6 heteroatoms. The minimum Gasteiger partial charge on any atom is -0.206 e. The highest BCUT2D eigenvalue weighted by Crippen LogP contribution is 2.38. The molecule has 2 aromatic carbocycles. The van der Waals surface area contributed by atoms with Gasteiger partial charge in [-0.2, -0.15) is 22.7 Å². The standard InChI is InChI=1S/C20H18F4N2/c1-19(2,3)14-9-11-15(12-10-14)26-18(21)16(13-7-5-4-6-8-13)17(25-26)20(22,23)24/h4-12H,1-3H3. The van der Waals surface area contributed by atoms with Crippen molar-refractivity contribution < 1.29 is 17.6 Å². The van der Waals surface area contributed by atoms with Crippen molar-refractivity contribution in [2.45, 2.75) is 32.4 Å². The molecule has 0 amide bonds. The molecule has 0 spiro atoms. The highest BCUT2D eigenvalue weighted by molar-refractivity contribution is 5.67. The Morgan fingerprint density at radius 1 is 0.846 bits per heavy atom. The van der Waals surface area contributed by atoms with Crippen LogP contribution in [0.3, 0.4) is 0 Å². The summed E-state index contributed by atoms with van der Waals surface area (Å²) >= 11 is 0. The van der Waals surface area contributed by atoms with Crippen molar-refractivity contribution in [1.82, 2.24) is 9.78 Å². The van der Waals surface area contributed by atoms with Gasteiger partial charge in [0.15, 0.2) is 5.69 Å². The second-order valence-electron chi connectivity index (χ2n) is 7.09. The third-order valence-electron chi connectivity index (χ3n) is 4.14. The zero-order chi connectivity index (χ0) is 19.1. The summed E-state index contributed by atoms with van der Waals surface area (Å²) in [6, 6.07) is 14.3. The van der Waals surface area contributed by atoms with E-state index < -0.39 is 23.4 Å². The lowest BCUT2D eigenvalue weighted by molar-refractivity contribution is -0.140. The lowest BCUT2D eigenvalue weighted by Gasteiger charge is -2.19. The first kappa shape index (κ1) is 18.2. The predicted octanol–water partition coefficient (Wildman–Crippen LogP) is 5.99. The maximum atomic E-state index is 14.9. The summed E-state index contributed by atoms with van der Waals surface area (Å²) in [7, 11) is 0. The van der Waals surface area contributed by atoms with Crippen LogP contribution in [0.4, 0.5) is 17.6 Å². The molecule has 0 aliphatic heterocycles. The van der Waals surface area contributed by atoms with Crippen molar-refractivity contribution in [3.05, 3.63) is 71.8 Å². The van der Waals surface area contributed by atoms with Crippen LogP contribution < -0.4 is 0 Å². The number of benzene rings is 2. The van der Waals surface area contributed by atoms with E-state index in [0.717, 1.165) is 5.56 Å². The molecular formula is C20H18F4N2. The van der Waals surface area contributed by atoms with Crippen LogP contribution >= 0.6 is 0 Å². The van der Waals surface area contributed by atoms with Gasteiger partial charge < -0.3 is 0 Å². The van der Waals surface area contributed by atoms with E-state index in [1.54, 1.807) is 42.5 Å². The molecule has 0 fully saturated rings. The van der Waals surface area contributed by atoms with Crippen LogP contribution in [0.15, 0.2) is 54.6 Å². The summed E-state index contributed by atoms with van der Waals surface area (Å²) in [4.78, 5) is 0. The van der Waals surface area contributed by atoms with Crippen LogP contribution in [-0.4, -0.2) is 9.78 Å². The third-order valence-corrected chi connectivity index (χ3v) is 4.14. The SMILES string of the molecule is CC(C)(C)c1ccc(-n2nc(C(F)(F)F)c(-c3ccccc3)c2F)cc1. The second kappa shape index (κ2) is 6.27. The fourth-order valence-corrected chi connectivity index (χ4v) is 2.73. The Bertz CT molecular complexity index is 902. The number of hydrogen-bond donors (Lipinski definition) is 0. The van der Waals surface area contributed by atoms with Gasteiger partial charge in [0, 0.05) is 0 Å². The molecule has 0 bridgehead atoms. The van der Waals surface area contributed by atoms with E-state index >= 15 is 0 Å². The molecule has 0 unspecified atom stereocenters. The molecule has 0 aliphatic rings. The summed E-state index contributed by atoms with van der Waals surface area (Å²) in [6.07, 6.45) is -4.76. The van der Waals surface area contributed by atoms with Gasteiger partial charge in [-0.05, 0) is 28.7 Å². The minimum absolute atomic E-state index is 0.118. The fraction of sp³-hybridized carbons (Fsp3) is 0.250. The number of aromatic nitrogens is 2. The van der Waals surface area contributed by atoms with Gasteiger partial charge in [-0.25, -0.2) is 4.68 Å². The first-order valence-electron chi connectivity index (χ1n) is 8.11. The van der Waals surface area contributed by atoms with Crippen molar-refractivity contribution in [1.29, 1.82) is 0 Å². The Morgan fingerprint density at radius 2 is 1.42 bits per heavy atom. The third kappa shape index (κ3) is 3.36. The zero-order valence-corrected chi connectivity index (χ0v) is 14.6. The van der Waals surface area contributed by atoms with Gasteiger partial charge in [-0.1, -0.05) is 63.2 Å². The van der Waals surface area contributed by atoms with Crippen LogP contribution in [0.1, 0.15) is 32.0 Å². The summed E-state index contributed by atoms with van der Waals surface area (Å²) in [5.41, 5.74) is -0.529. The maximum absolute atomic E-state index is 14.9. The summed E-state index contributed by atoms with van der Waals surface area (Å²) in [6.45, 7) is 6.06. The van der Waals surface area contributed by atoms with Gasteiger partial charge in [-0.15, -0.1) is 0 Å². The maximum Gasteiger partial charge on any atom is 0.435 e. The molecule has 0 saturated carbocycles. The first-order valence-corrected chi connectivity index (χ1v) is 8.11. The van der Waals surface area contributed by atoms with Crippen molar-refractivity contribution in [2.24, 2.45) is 0 Å². The Balaban J connectivity index is 2.17. The molecule has 0 aliphatic carbocycles. The average Bonchev–Trinajstić information content (AvgIpc) is 2.92. The lowest BCUT2D eigenvalue weighted by atomic mass is 9.87. The van der Waals surface area contributed by atoms with E-state index in [0.29, 0.717) is 4.68 Å². The quantitative estimate of drug-likeness (QED) is 0.512. The van der Waals surface area contributed by atoms with E-state index in [1.165, 1.54) is 12.1 Å². The molecule has 26 heavy (non-hydrogen) atoms. The van der Waals surface area contributed by atoms with Gasteiger partial charge in [-0.3, -0.25) is 0 Å². The summed E-state index contributed by atoms with van der Waals surface area (Å²) in [5.74, 6) is -1.04. The largest absolute Gasteiger partial charge is 0.435 e. The van der Waals surface area contributed by atoms with E-state index in [9.17, 15) is 17.6 Å². The number of nitrogens with zero attached hydrogens (tertiary/aromatic N) is 2. The fourth-order valence-electron chi connectivity index (χ4n) is 2.73. The molecule has 3 aromatic rings. The average molecular weight is 362 g/mol. The van der Waals surface area contributed by atoms with Crippen molar-refractivity contribution in [3.8, 4) is 16.8 Å². The van der Waals surface area contributed by atoms with Gasteiger partial charge >= 0.3 is 6.18 Å². The second-order valence-corrected chi connectivity index (χ2v) is 7.09. The molecule has 1 heterocycles. The van der Waals surface area contributed by atoms with Crippen molar-refractivity contribution in [2.75, 3.05) is 0 Å². The number of rotatable bonds is 2. The number of alkyl halides is 3. The zero-order valence-electron chi connectivity index (χ0n) is 14.6. The molecular weight excluding hydrogens is 344 g/mol. The van der Waals surface area contributed by atoms with Gasteiger partial charge in [0.25, 0.3) is 0 Å².